The first-order chi connectivity index (χ1) is 9.16. The zero-order valence-corrected chi connectivity index (χ0v) is 12.6. The van der Waals surface area contributed by atoms with Crippen LogP contribution in [0, 0.1) is 0 Å². The van der Waals surface area contributed by atoms with Gasteiger partial charge in [0, 0.05) is 24.2 Å². The number of hydrogen-bond acceptors (Lipinski definition) is 3. The third kappa shape index (κ3) is 3.14. The first-order valence-electron chi connectivity index (χ1n) is 8.39. The Labute approximate surface area is 118 Å². The van der Waals surface area contributed by atoms with Gasteiger partial charge in [-0.2, -0.15) is 0 Å². The van der Waals surface area contributed by atoms with Crippen LogP contribution in [0.3, 0.4) is 0 Å². The average molecular weight is 265 g/mol. The molecule has 3 fully saturated rings. The van der Waals surface area contributed by atoms with Gasteiger partial charge in [-0.05, 0) is 58.7 Å². The first-order valence-corrected chi connectivity index (χ1v) is 8.39. The number of likely N-dealkylation sites (N-methyl/N-ethyl adjacent to an activating group) is 1. The summed E-state index contributed by atoms with van der Waals surface area (Å²) in [4.78, 5) is 5.34. The molecular weight excluding hydrogens is 234 g/mol. The highest BCUT2D eigenvalue weighted by atomic mass is 15.3. The molecule has 19 heavy (non-hydrogen) atoms. The van der Waals surface area contributed by atoms with Crippen LogP contribution in [0.15, 0.2) is 0 Å². The molecule has 1 aliphatic carbocycles. The second kappa shape index (κ2) is 5.71. The van der Waals surface area contributed by atoms with E-state index in [1.165, 1.54) is 77.4 Å². The highest BCUT2D eigenvalue weighted by molar-refractivity contribution is 4.93. The molecule has 0 radical (unpaired) electrons. The molecule has 0 amide bonds. The summed E-state index contributed by atoms with van der Waals surface area (Å²) in [5.74, 6) is 0. The monoisotopic (exact) mass is 265 g/mol. The van der Waals surface area contributed by atoms with E-state index in [9.17, 15) is 0 Å². The molecule has 3 rings (SSSR count). The van der Waals surface area contributed by atoms with Crippen LogP contribution in [0.5, 0.6) is 0 Å². The molecule has 110 valence electrons. The number of nitrogens with two attached hydrogens (primary N) is 1. The van der Waals surface area contributed by atoms with E-state index in [1.54, 1.807) is 0 Å². The topological polar surface area (TPSA) is 32.5 Å². The van der Waals surface area contributed by atoms with Crippen LogP contribution in [0.1, 0.15) is 57.8 Å². The normalized spacial score (nSPS) is 36.3. The minimum Gasteiger partial charge on any atom is -0.325 e. The highest BCUT2D eigenvalue weighted by Crippen LogP contribution is 2.31. The molecule has 2 atom stereocenters. The van der Waals surface area contributed by atoms with Crippen molar-refractivity contribution in [2.24, 2.45) is 5.73 Å². The molecule has 0 aromatic rings. The van der Waals surface area contributed by atoms with E-state index in [2.05, 4.69) is 16.8 Å². The van der Waals surface area contributed by atoms with Gasteiger partial charge in [-0.3, -0.25) is 4.90 Å². The lowest BCUT2D eigenvalue weighted by Crippen LogP contribution is -2.45. The molecule has 2 unspecified atom stereocenters. The van der Waals surface area contributed by atoms with Crippen molar-refractivity contribution < 1.29 is 0 Å². The Kier molecular flexibility index (Phi) is 4.16. The van der Waals surface area contributed by atoms with E-state index >= 15 is 0 Å². The number of hydrogen-bond donors (Lipinski definition) is 1. The summed E-state index contributed by atoms with van der Waals surface area (Å²) in [6, 6.07) is 1.67. The van der Waals surface area contributed by atoms with E-state index < -0.39 is 0 Å². The fraction of sp³-hybridized carbons (Fsp3) is 1.00. The first kappa shape index (κ1) is 13.8. The lowest BCUT2D eigenvalue weighted by atomic mass is 9.80. The van der Waals surface area contributed by atoms with E-state index in [1.807, 2.05) is 0 Å². The van der Waals surface area contributed by atoms with Crippen LogP contribution in [0.4, 0.5) is 0 Å². The van der Waals surface area contributed by atoms with Crippen molar-refractivity contribution in [2.75, 3.05) is 26.7 Å². The highest BCUT2D eigenvalue weighted by Gasteiger charge is 2.35. The molecule has 2 aliphatic heterocycles. The predicted molar refractivity (Wildman–Crippen MR) is 80.3 cm³/mol. The van der Waals surface area contributed by atoms with Crippen LogP contribution >= 0.6 is 0 Å². The third-order valence-electron chi connectivity index (χ3n) is 6.01. The van der Waals surface area contributed by atoms with Crippen molar-refractivity contribution in [1.82, 2.24) is 9.80 Å². The van der Waals surface area contributed by atoms with Crippen LogP contribution in [-0.4, -0.2) is 54.1 Å². The molecule has 2 heterocycles. The summed E-state index contributed by atoms with van der Waals surface area (Å²) in [5, 5.41) is 0. The van der Waals surface area contributed by atoms with Gasteiger partial charge < -0.3 is 10.6 Å². The lowest BCUT2D eigenvalue weighted by molar-refractivity contribution is 0.188. The quantitative estimate of drug-likeness (QED) is 0.849. The number of rotatable bonds is 3. The standard InChI is InChI=1S/C16H31N3/c1-18-14-5-6-15(18)13-19(11-7-14)12-10-16(17)8-3-2-4-9-16/h14-15H,2-13,17H2,1H3. The summed E-state index contributed by atoms with van der Waals surface area (Å²) in [5.41, 5.74) is 6.74. The maximum atomic E-state index is 6.58. The lowest BCUT2D eigenvalue weighted by Gasteiger charge is -2.36. The Morgan fingerprint density at radius 2 is 1.79 bits per heavy atom. The van der Waals surface area contributed by atoms with Gasteiger partial charge in [-0.1, -0.05) is 19.3 Å². The van der Waals surface area contributed by atoms with Crippen molar-refractivity contribution in [2.45, 2.75) is 75.4 Å². The van der Waals surface area contributed by atoms with Crippen LogP contribution in [0.25, 0.3) is 0 Å². The summed E-state index contributed by atoms with van der Waals surface area (Å²) < 4.78 is 0. The fourth-order valence-corrected chi connectivity index (χ4v) is 4.47. The Bertz CT molecular complexity index is 298. The van der Waals surface area contributed by atoms with Gasteiger partial charge >= 0.3 is 0 Å². The second-order valence-electron chi connectivity index (χ2n) is 7.31. The Hall–Kier alpha value is -0.120. The van der Waals surface area contributed by atoms with E-state index in [0.717, 1.165) is 12.1 Å². The van der Waals surface area contributed by atoms with Crippen LogP contribution < -0.4 is 5.73 Å². The molecule has 0 aromatic carbocycles. The molecule has 3 aliphatic rings. The summed E-state index contributed by atoms with van der Waals surface area (Å²) in [7, 11) is 2.33. The van der Waals surface area contributed by atoms with Gasteiger partial charge in [0.1, 0.15) is 0 Å². The zero-order valence-electron chi connectivity index (χ0n) is 12.6. The zero-order chi connectivity index (χ0) is 13.3. The SMILES string of the molecule is CN1C2CCC1CN(CCC1(N)CCCCC1)CC2. The Morgan fingerprint density at radius 1 is 1.05 bits per heavy atom. The summed E-state index contributed by atoms with van der Waals surface area (Å²) in [6.07, 6.45) is 12.0. The van der Waals surface area contributed by atoms with Crippen molar-refractivity contribution in [3.8, 4) is 0 Å². The molecular formula is C16H31N3. The summed E-state index contributed by atoms with van der Waals surface area (Å²) in [6.45, 7) is 3.80. The maximum absolute atomic E-state index is 6.58. The molecule has 3 heteroatoms. The smallest absolute Gasteiger partial charge is 0.0223 e. The Morgan fingerprint density at radius 3 is 2.58 bits per heavy atom. The van der Waals surface area contributed by atoms with Gasteiger partial charge in [0.15, 0.2) is 0 Å². The second-order valence-corrected chi connectivity index (χ2v) is 7.31. The molecule has 1 saturated carbocycles. The molecule has 2 N–H and O–H groups in total. The average Bonchev–Trinajstić information content (AvgIpc) is 2.63. The molecule has 2 bridgehead atoms. The predicted octanol–water partition coefficient (Wildman–Crippen LogP) is 2.21. The third-order valence-corrected chi connectivity index (χ3v) is 6.01. The van der Waals surface area contributed by atoms with Gasteiger partial charge in [-0.25, -0.2) is 0 Å². The number of fused-ring (bicyclic) bond motifs is 2. The minimum absolute atomic E-state index is 0.162. The van der Waals surface area contributed by atoms with E-state index in [0.29, 0.717) is 0 Å². The summed E-state index contributed by atoms with van der Waals surface area (Å²) >= 11 is 0. The van der Waals surface area contributed by atoms with Crippen LogP contribution in [-0.2, 0) is 0 Å². The number of nitrogens with zero attached hydrogens (tertiary/aromatic N) is 2. The molecule has 0 spiro atoms. The van der Waals surface area contributed by atoms with Gasteiger partial charge in [0.05, 0.1) is 0 Å². The molecule has 3 nitrogen and oxygen atoms in total. The van der Waals surface area contributed by atoms with Crippen molar-refractivity contribution >= 4 is 0 Å². The van der Waals surface area contributed by atoms with E-state index in [4.69, 9.17) is 5.73 Å². The minimum atomic E-state index is 0.162. The fourth-order valence-electron chi connectivity index (χ4n) is 4.47. The Balaban J connectivity index is 1.50. The molecule has 2 saturated heterocycles. The number of likely N-dealkylation sites (tertiary alicyclic amines) is 1. The van der Waals surface area contributed by atoms with Crippen molar-refractivity contribution in [3.05, 3.63) is 0 Å². The van der Waals surface area contributed by atoms with Crippen molar-refractivity contribution in [1.29, 1.82) is 0 Å². The largest absolute Gasteiger partial charge is 0.325 e. The van der Waals surface area contributed by atoms with Gasteiger partial charge in [0.25, 0.3) is 0 Å². The molecule has 0 aromatic heterocycles. The van der Waals surface area contributed by atoms with Crippen molar-refractivity contribution in [3.63, 3.8) is 0 Å². The maximum Gasteiger partial charge on any atom is 0.0223 e. The van der Waals surface area contributed by atoms with Crippen LogP contribution in [0.2, 0.25) is 0 Å². The van der Waals surface area contributed by atoms with Gasteiger partial charge in [-0.15, -0.1) is 0 Å². The van der Waals surface area contributed by atoms with E-state index in [-0.39, 0.29) is 5.54 Å². The van der Waals surface area contributed by atoms with Gasteiger partial charge in [0.2, 0.25) is 0 Å².